The summed E-state index contributed by atoms with van der Waals surface area (Å²) in [6.07, 6.45) is 3.09. The zero-order valence-corrected chi connectivity index (χ0v) is 18.0. The Balaban J connectivity index is 1.77. The normalized spacial score (nSPS) is 10.6. The number of benzene rings is 3. The third-order valence-corrected chi connectivity index (χ3v) is 4.95. The van der Waals surface area contributed by atoms with E-state index in [4.69, 9.17) is 14.2 Å². The molecule has 30 heavy (non-hydrogen) atoms. The maximum absolute atomic E-state index is 12.6. The van der Waals surface area contributed by atoms with Crippen molar-refractivity contribution < 1.29 is 23.8 Å². The van der Waals surface area contributed by atoms with Gasteiger partial charge >= 0.3 is 5.97 Å². The molecule has 5 nitrogen and oxygen atoms in total. The fraction of sp³-hybridized carbons (Fsp3) is 0.0833. The van der Waals surface area contributed by atoms with E-state index in [0.29, 0.717) is 38.4 Å². The predicted octanol–water partition coefficient (Wildman–Crippen LogP) is 5.58. The molecule has 0 aliphatic carbocycles. The number of esters is 1. The molecule has 0 saturated carbocycles. The second-order valence-electron chi connectivity index (χ2n) is 6.21. The Labute approximate surface area is 183 Å². The van der Waals surface area contributed by atoms with Crippen molar-refractivity contribution in [3.63, 3.8) is 0 Å². The van der Waals surface area contributed by atoms with Crippen LogP contribution in [0.1, 0.15) is 26.3 Å². The van der Waals surface area contributed by atoms with Gasteiger partial charge in [0.2, 0.25) is 0 Å². The van der Waals surface area contributed by atoms with Gasteiger partial charge in [0.15, 0.2) is 5.78 Å². The van der Waals surface area contributed by atoms with Crippen molar-refractivity contribution in [2.24, 2.45) is 0 Å². The Bertz CT molecular complexity index is 1100. The number of allylic oxidation sites excluding steroid dienone is 1. The van der Waals surface area contributed by atoms with Crippen LogP contribution in [0.2, 0.25) is 0 Å². The minimum Gasteiger partial charge on any atom is -0.497 e. The van der Waals surface area contributed by atoms with Crippen LogP contribution in [-0.2, 0) is 0 Å². The third-order valence-electron chi connectivity index (χ3n) is 4.26. The lowest BCUT2D eigenvalue weighted by Crippen LogP contribution is -2.09. The lowest BCUT2D eigenvalue weighted by Gasteiger charge is -2.08. The highest BCUT2D eigenvalue weighted by Crippen LogP contribution is 2.25. The standard InChI is InChI=1S/C24H19BrO5/c1-28-17-11-13-23(29-2)20(15-17)22(26)12-10-16-6-5-7-18(14-16)30-24(27)19-8-3-4-9-21(19)25/h3-15H,1-2H3/b12-10+. The minimum atomic E-state index is -0.471. The van der Waals surface area contributed by atoms with Gasteiger partial charge in [-0.1, -0.05) is 30.3 Å². The fourth-order valence-electron chi connectivity index (χ4n) is 2.74. The molecule has 152 valence electrons. The first-order valence-electron chi connectivity index (χ1n) is 9.03. The van der Waals surface area contributed by atoms with E-state index in [-0.39, 0.29) is 5.78 Å². The number of hydrogen-bond acceptors (Lipinski definition) is 5. The second kappa shape index (κ2) is 9.89. The summed E-state index contributed by atoms with van der Waals surface area (Å²) in [6, 6.07) is 19.0. The third kappa shape index (κ3) is 5.15. The molecule has 0 bridgehead atoms. The second-order valence-corrected chi connectivity index (χ2v) is 7.06. The Hall–Kier alpha value is -3.38. The molecular formula is C24H19BrO5. The number of hydrogen-bond donors (Lipinski definition) is 0. The highest BCUT2D eigenvalue weighted by molar-refractivity contribution is 9.10. The zero-order valence-electron chi connectivity index (χ0n) is 16.4. The lowest BCUT2D eigenvalue weighted by molar-refractivity contribution is 0.0733. The smallest absolute Gasteiger partial charge is 0.344 e. The molecule has 0 radical (unpaired) electrons. The Morgan fingerprint density at radius 3 is 2.37 bits per heavy atom. The van der Waals surface area contributed by atoms with Crippen LogP contribution in [0.15, 0.2) is 77.3 Å². The van der Waals surface area contributed by atoms with Gasteiger partial charge in [0.05, 0.1) is 25.3 Å². The van der Waals surface area contributed by atoms with Crippen LogP contribution < -0.4 is 14.2 Å². The summed E-state index contributed by atoms with van der Waals surface area (Å²) in [4.78, 5) is 25.0. The van der Waals surface area contributed by atoms with Crippen LogP contribution in [0.25, 0.3) is 6.08 Å². The van der Waals surface area contributed by atoms with Crippen LogP contribution >= 0.6 is 15.9 Å². The van der Waals surface area contributed by atoms with E-state index in [1.54, 1.807) is 60.7 Å². The van der Waals surface area contributed by atoms with Crippen LogP contribution in [0, 0.1) is 0 Å². The van der Waals surface area contributed by atoms with Gasteiger partial charge in [-0.05, 0) is 70.0 Å². The molecule has 0 fully saturated rings. The van der Waals surface area contributed by atoms with E-state index in [0.717, 1.165) is 0 Å². The monoisotopic (exact) mass is 466 g/mol. The van der Waals surface area contributed by atoms with E-state index < -0.39 is 5.97 Å². The van der Waals surface area contributed by atoms with E-state index in [9.17, 15) is 9.59 Å². The highest BCUT2D eigenvalue weighted by atomic mass is 79.9. The fourth-order valence-corrected chi connectivity index (χ4v) is 3.19. The first-order valence-corrected chi connectivity index (χ1v) is 9.82. The Morgan fingerprint density at radius 1 is 0.833 bits per heavy atom. The molecule has 0 N–H and O–H groups in total. The van der Waals surface area contributed by atoms with Gasteiger partial charge in [-0.2, -0.15) is 0 Å². The van der Waals surface area contributed by atoms with Crippen molar-refractivity contribution in [1.29, 1.82) is 0 Å². The Kier molecular flexibility index (Phi) is 7.03. The van der Waals surface area contributed by atoms with Crippen molar-refractivity contribution in [3.05, 3.63) is 94.0 Å². The zero-order chi connectivity index (χ0) is 21.5. The van der Waals surface area contributed by atoms with Gasteiger partial charge in [0.25, 0.3) is 0 Å². The topological polar surface area (TPSA) is 61.8 Å². The molecule has 0 aliphatic heterocycles. The van der Waals surface area contributed by atoms with Gasteiger partial charge in [0, 0.05) is 4.47 Å². The molecule has 0 aliphatic rings. The van der Waals surface area contributed by atoms with Crippen molar-refractivity contribution in [1.82, 2.24) is 0 Å². The average molecular weight is 467 g/mol. The SMILES string of the molecule is COc1ccc(OC)c(C(=O)/C=C/c2cccc(OC(=O)c3ccccc3Br)c2)c1. The van der Waals surface area contributed by atoms with E-state index >= 15 is 0 Å². The predicted molar refractivity (Wildman–Crippen MR) is 118 cm³/mol. The Morgan fingerprint density at radius 2 is 1.63 bits per heavy atom. The van der Waals surface area contributed by atoms with Crippen LogP contribution in [0.3, 0.4) is 0 Å². The minimum absolute atomic E-state index is 0.235. The van der Waals surface area contributed by atoms with E-state index in [1.807, 2.05) is 12.1 Å². The van der Waals surface area contributed by atoms with Gasteiger partial charge in [0.1, 0.15) is 17.2 Å². The molecule has 6 heteroatoms. The van der Waals surface area contributed by atoms with Crippen molar-refractivity contribution in [2.75, 3.05) is 14.2 Å². The molecule has 0 amide bonds. The maximum Gasteiger partial charge on any atom is 0.344 e. The first kappa shape index (κ1) is 21.3. The van der Waals surface area contributed by atoms with Gasteiger partial charge < -0.3 is 14.2 Å². The van der Waals surface area contributed by atoms with Crippen LogP contribution in [0.4, 0.5) is 0 Å². The summed E-state index contributed by atoms with van der Waals surface area (Å²) in [5, 5.41) is 0. The molecule has 0 heterocycles. The highest BCUT2D eigenvalue weighted by Gasteiger charge is 2.13. The summed E-state index contributed by atoms with van der Waals surface area (Å²) >= 11 is 3.34. The van der Waals surface area contributed by atoms with Gasteiger partial charge in [-0.15, -0.1) is 0 Å². The van der Waals surface area contributed by atoms with Crippen molar-refractivity contribution in [3.8, 4) is 17.2 Å². The number of ether oxygens (including phenoxy) is 3. The molecule has 3 rings (SSSR count). The van der Waals surface area contributed by atoms with E-state index in [2.05, 4.69) is 15.9 Å². The number of carbonyl (C=O) groups is 2. The number of halogens is 1. The van der Waals surface area contributed by atoms with Gasteiger partial charge in [-0.25, -0.2) is 4.79 Å². The largest absolute Gasteiger partial charge is 0.497 e. The summed E-state index contributed by atoms with van der Waals surface area (Å²) in [5.41, 5.74) is 1.53. The molecule has 0 unspecified atom stereocenters. The average Bonchev–Trinajstić information content (AvgIpc) is 2.77. The number of methoxy groups -OCH3 is 2. The molecule has 3 aromatic carbocycles. The summed E-state index contributed by atoms with van der Waals surface area (Å²) < 4.78 is 16.6. The van der Waals surface area contributed by atoms with Crippen LogP contribution in [0.5, 0.6) is 17.2 Å². The first-order chi connectivity index (χ1) is 14.5. The summed E-state index contributed by atoms with van der Waals surface area (Å²) in [5.74, 6) is 0.696. The summed E-state index contributed by atoms with van der Waals surface area (Å²) in [6.45, 7) is 0. The quantitative estimate of drug-likeness (QED) is 0.197. The molecule has 0 saturated heterocycles. The lowest BCUT2D eigenvalue weighted by atomic mass is 10.1. The number of rotatable bonds is 7. The van der Waals surface area contributed by atoms with Gasteiger partial charge in [-0.3, -0.25) is 4.79 Å². The summed E-state index contributed by atoms with van der Waals surface area (Å²) in [7, 11) is 3.04. The molecular weight excluding hydrogens is 448 g/mol. The molecule has 0 spiro atoms. The van der Waals surface area contributed by atoms with Crippen molar-refractivity contribution >= 4 is 33.8 Å². The van der Waals surface area contributed by atoms with Crippen LogP contribution in [-0.4, -0.2) is 26.0 Å². The van der Waals surface area contributed by atoms with E-state index in [1.165, 1.54) is 20.3 Å². The molecule has 3 aromatic rings. The maximum atomic E-state index is 12.6. The molecule has 0 atom stereocenters. The number of carbonyl (C=O) groups excluding carboxylic acids is 2. The molecule has 0 aromatic heterocycles. The number of ketones is 1. The van der Waals surface area contributed by atoms with Crippen molar-refractivity contribution in [2.45, 2.75) is 0 Å².